The van der Waals surface area contributed by atoms with Crippen LogP contribution in [0.3, 0.4) is 0 Å². The standard InChI is InChI=1S/C21H16ClN5O/c22-16-2-1-15-7-10-24-20(18(15)11-16)27-17-3-4-19(25-13-17)21(28)26-12-14-5-8-23-9-6-14/h1-11,13H,12H2,(H,24,27)(H,26,28). The van der Waals surface area contributed by atoms with Crippen molar-refractivity contribution in [1.29, 1.82) is 0 Å². The van der Waals surface area contributed by atoms with Gasteiger partial charge in [-0.1, -0.05) is 17.7 Å². The normalized spacial score (nSPS) is 10.6. The lowest BCUT2D eigenvalue weighted by Crippen LogP contribution is -2.23. The Kier molecular flexibility index (Phi) is 5.12. The minimum absolute atomic E-state index is 0.238. The third-order valence-electron chi connectivity index (χ3n) is 4.19. The molecule has 0 bridgehead atoms. The lowest BCUT2D eigenvalue weighted by Gasteiger charge is -2.10. The number of benzene rings is 1. The van der Waals surface area contributed by atoms with E-state index in [0.29, 0.717) is 23.1 Å². The summed E-state index contributed by atoms with van der Waals surface area (Å²) < 4.78 is 0. The van der Waals surface area contributed by atoms with Crippen LogP contribution in [0.2, 0.25) is 5.02 Å². The molecule has 1 amide bonds. The van der Waals surface area contributed by atoms with Gasteiger partial charge in [-0.3, -0.25) is 9.78 Å². The lowest BCUT2D eigenvalue weighted by molar-refractivity contribution is 0.0946. The van der Waals surface area contributed by atoms with Crippen molar-refractivity contribution >= 4 is 39.8 Å². The monoisotopic (exact) mass is 389 g/mol. The third kappa shape index (κ3) is 4.07. The molecule has 0 aliphatic rings. The highest BCUT2D eigenvalue weighted by molar-refractivity contribution is 6.31. The zero-order valence-electron chi connectivity index (χ0n) is 14.8. The number of halogens is 1. The Hall–Kier alpha value is -3.51. The van der Waals surface area contributed by atoms with Gasteiger partial charge in [0.05, 0.1) is 11.9 Å². The van der Waals surface area contributed by atoms with Crippen LogP contribution in [0.25, 0.3) is 10.8 Å². The number of aromatic nitrogens is 3. The number of nitrogens with one attached hydrogen (secondary N) is 2. The molecule has 0 spiro atoms. The molecule has 0 aliphatic carbocycles. The van der Waals surface area contributed by atoms with Crippen LogP contribution < -0.4 is 10.6 Å². The number of anilines is 2. The predicted octanol–water partition coefficient (Wildman–Crippen LogP) is 4.35. The number of nitrogens with zero attached hydrogens (tertiary/aromatic N) is 3. The fraction of sp³-hybridized carbons (Fsp3) is 0.0476. The third-order valence-corrected chi connectivity index (χ3v) is 4.42. The molecule has 0 saturated heterocycles. The summed E-state index contributed by atoms with van der Waals surface area (Å²) in [4.78, 5) is 24.8. The predicted molar refractivity (Wildman–Crippen MR) is 110 cm³/mol. The maximum atomic E-state index is 12.3. The second-order valence-corrected chi connectivity index (χ2v) is 6.56. The van der Waals surface area contributed by atoms with Crippen LogP contribution in [0.5, 0.6) is 0 Å². The van der Waals surface area contributed by atoms with E-state index in [1.807, 2.05) is 36.4 Å². The quantitative estimate of drug-likeness (QED) is 0.530. The first kappa shape index (κ1) is 17.9. The summed E-state index contributed by atoms with van der Waals surface area (Å²) in [5, 5.41) is 8.65. The molecule has 0 saturated carbocycles. The highest BCUT2D eigenvalue weighted by Crippen LogP contribution is 2.26. The molecule has 0 radical (unpaired) electrons. The van der Waals surface area contributed by atoms with E-state index >= 15 is 0 Å². The molecule has 4 aromatic rings. The molecule has 0 aliphatic heterocycles. The Bertz CT molecular complexity index is 1120. The number of rotatable bonds is 5. The maximum Gasteiger partial charge on any atom is 0.270 e. The summed E-state index contributed by atoms with van der Waals surface area (Å²) >= 11 is 6.11. The summed E-state index contributed by atoms with van der Waals surface area (Å²) in [6.07, 6.45) is 6.71. The summed E-state index contributed by atoms with van der Waals surface area (Å²) in [5.41, 5.74) is 2.04. The van der Waals surface area contributed by atoms with Gasteiger partial charge >= 0.3 is 0 Å². The van der Waals surface area contributed by atoms with Gasteiger partial charge in [0.1, 0.15) is 11.5 Å². The number of carbonyl (C=O) groups is 1. The van der Waals surface area contributed by atoms with Crippen LogP contribution in [0.15, 0.2) is 73.3 Å². The van der Waals surface area contributed by atoms with Gasteiger partial charge in [0.2, 0.25) is 0 Å². The first-order valence-corrected chi connectivity index (χ1v) is 9.01. The first-order valence-electron chi connectivity index (χ1n) is 8.63. The number of carbonyl (C=O) groups excluding carboxylic acids is 1. The van der Waals surface area contributed by atoms with Crippen LogP contribution in [0.1, 0.15) is 16.1 Å². The molecule has 0 unspecified atom stereocenters. The smallest absolute Gasteiger partial charge is 0.270 e. The first-order chi connectivity index (χ1) is 13.7. The van der Waals surface area contributed by atoms with Crippen molar-refractivity contribution in [1.82, 2.24) is 20.3 Å². The van der Waals surface area contributed by atoms with E-state index < -0.39 is 0 Å². The minimum atomic E-state index is -0.238. The molecule has 0 fully saturated rings. The van der Waals surface area contributed by atoms with Crippen molar-refractivity contribution < 1.29 is 4.79 Å². The Balaban J connectivity index is 1.46. The molecular weight excluding hydrogens is 374 g/mol. The molecule has 0 atom stereocenters. The van der Waals surface area contributed by atoms with E-state index in [-0.39, 0.29) is 5.91 Å². The van der Waals surface area contributed by atoms with Crippen LogP contribution in [-0.2, 0) is 6.54 Å². The van der Waals surface area contributed by atoms with E-state index in [9.17, 15) is 4.79 Å². The van der Waals surface area contributed by atoms with Crippen LogP contribution in [-0.4, -0.2) is 20.9 Å². The number of pyridine rings is 3. The largest absolute Gasteiger partial charge is 0.347 e. The van der Waals surface area contributed by atoms with Gasteiger partial charge in [0.25, 0.3) is 5.91 Å². The number of hydrogen-bond acceptors (Lipinski definition) is 5. The molecule has 28 heavy (non-hydrogen) atoms. The summed E-state index contributed by atoms with van der Waals surface area (Å²) in [7, 11) is 0. The van der Waals surface area contributed by atoms with Crippen molar-refractivity contribution in [2.24, 2.45) is 0 Å². The molecule has 3 aromatic heterocycles. The van der Waals surface area contributed by atoms with Crippen molar-refractivity contribution in [2.45, 2.75) is 6.54 Å². The number of amides is 1. The fourth-order valence-electron chi connectivity index (χ4n) is 2.75. The molecule has 3 heterocycles. The fourth-order valence-corrected chi connectivity index (χ4v) is 2.92. The van der Waals surface area contributed by atoms with Crippen molar-refractivity contribution in [3.8, 4) is 0 Å². The Labute approximate surface area is 166 Å². The Morgan fingerprint density at radius 1 is 0.964 bits per heavy atom. The average Bonchev–Trinajstić information content (AvgIpc) is 2.74. The molecular formula is C21H16ClN5O. The lowest BCUT2D eigenvalue weighted by atomic mass is 10.1. The molecule has 4 rings (SSSR count). The number of hydrogen-bond donors (Lipinski definition) is 2. The zero-order valence-corrected chi connectivity index (χ0v) is 15.5. The maximum absolute atomic E-state index is 12.3. The Morgan fingerprint density at radius 2 is 1.82 bits per heavy atom. The van der Waals surface area contributed by atoms with Gasteiger partial charge in [-0.2, -0.15) is 0 Å². The van der Waals surface area contributed by atoms with Gasteiger partial charge in [-0.25, -0.2) is 9.97 Å². The van der Waals surface area contributed by atoms with Gasteiger partial charge in [-0.15, -0.1) is 0 Å². The highest BCUT2D eigenvalue weighted by atomic mass is 35.5. The van der Waals surface area contributed by atoms with Gasteiger partial charge in [0, 0.05) is 35.5 Å². The number of fused-ring (bicyclic) bond motifs is 1. The van der Waals surface area contributed by atoms with Crippen LogP contribution in [0.4, 0.5) is 11.5 Å². The minimum Gasteiger partial charge on any atom is -0.347 e. The second-order valence-electron chi connectivity index (χ2n) is 6.12. The van der Waals surface area contributed by atoms with Gasteiger partial charge in [0.15, 0.2) is 0 Å². The summed E-state index contributed by atoms with van der Waals surface area (Å²) in [6.45, 7) is 0.420. The van der Waals surface area contributed by atoms with Crippen LogP contribution >= 0.6 is 11.6 Å². The topological polar surface area (TPSA) is 79.8 Å². The van der Waals surface area contributed by atoms with E-state index in [1.54, 1.807) is 36.9 Å². The van der Waals surface area contributed by atoms with Crippen LogP contribution in [0, 0.1) is 0 Å². The van der Waals surface area contributed by atoms with E-state index in [4.69, 9.17) is 11.6 Å². The van der Waals surface area contributed by atoms with Crippen molar-refractivity contribution in [3.63, 3.8) is 0 Å². The molecule has 6 nitrogen and oxygen atoms in total. The summed E-state index contributed by atoms with van der Waals surface area (Å²) in [5.74, 6) is 0.440. The zero-order chi connectivity index (χ0) is 19.3. The average molecular weight is 390 g/mol. The molecule has 2 N–H and O–H groups in total. The Morgan fingerprint density at radius 3 is 2.61 bits per heavy atom. The molecule has 1 aromatic carbocycles. The molecule has 7 heteroatoms. The molecule has 138 valence electrons. The second kappa shape index (κ2) is 8.02. The SMILES string of the molecule is O=C(NCc1ccncc1)c1ccc(Nc2nccc3ccc(Cl)cc23)cn1. The van der Waals surface area contributed by atoms with Crippen molar-refractivity contribution in [3.05, 3.63) is 89.6 Å². The van der Waals surface area contributed by atoms with E-state index in [0.717, 1.165) is 22.0 Å². The van der Waals surface area contributed by atoms with E-state index in [1.165, 1.54) is 0 Å². The van der Waals surface area contributed by atoms with E-state index in [2.05, 4.69) is 25.6 Å². The highest BCUT2D eigenvalue weighted by Gasteiger charge is 2.08. The summed E-state index contributed by atoms with van der Waals surface area (Å²) in [6, 6.07) is 14.7. The van der Waals surface area contributed by atoms with Crippen molar-refractivity contribution in [2.75, 3.05) is 5.32 Å². The van der Waals surface area contributed by atoms with Gasteiger partial charge < -0.3 is 10.6 Å². The van der Waals surface area contributed by atoms with Gasteiger partial charge in [-0.05, 0) is 53.4 Å².